The summed E-state index contributed by atoms with van der Waals surface area (Å²) in [6.45, 7) is 2.00. The van der Waals surface area contributed by atoms with Gasteiger partial charge < -0.3 is 0 Å². The molecular weight excluding hydrogens is 311 g/mol. The third-order valence-electron chi connectivity index (χ3n) is 3.39. The Morgan fingerprint density at radius 1 is 1.17 bits per heavy atom. The summed E-state index contributed by atoms with van der Waals surface area (Å²) in [4.78, 5) is 16.7. The van der Waals surface area contributed by atoms with E-state index in [1.54, 1.807) is 23.0 Å². The van der Waals surface area contributed by atoms with E-state index in [1.807, 2.05) is 37.3 Å². The van der Waals surface area contributed by atoms with Crippen LogP contribution in [0.5, 0.6) is 0 Å². The number of thioether (sulfide) groups is 1. The zero-order valence-electron chi connectivity index (χ0n) is 12.6. The van der Waals surface area contributed by atoms with Crippen molar-refractivity contribution >= 4 is 11.8 Å². The molecule has 2 aromatic carbocycles. The fourth-order valence-corrected chi connectivity index (χ4v) is 3.02. The third kappa shape index (κ3) is 3.68. The van der Waals surface area contributed by atoms with Crippen molar-refractivity contribution in [2.45, 2.75) is 17.7 Å². The van der Waals surface area contributed by atoms with Crippen LogP contribution in [0.15, 0.2) is 70.7 Å². The van der Waals surface area contributed by atoms with Crippen LogP contribution in [0.25, 0.3) is 5.69 Å². The van der Waals surface area contributed by atoms with E-state index in [-0.39, 0.29) is 11.4 Å². The Kier molecular flexibility index (Phi) is 4.57. The Balaban J connectivity index is 1.85. The first kappa shape index (κ1) is 15.5. The smallest absolute Gasteiger partial charge is 0.280 e. The van der Waals surface area contributed by atoms with Gasteiger partial charge in [-0.05, 0) is 36.8 Å². The van der Waals surface area contributed by atoms with Gasteiger partial charge in [0.1, 0.15) is 5.82 Å². The lowest BCUT2D eigenvalue weighted by molar-refractivity contribution is 0.626. The van der Waals surface area contributed by atoms with Gasteiger partial charge in [-0.1, -0.05) is 41.6 Å². The summed E-state index contributed by atoms with van der Waals surface area (Å²) in [7, 11) is 0. The van der Waals surface area contributed by atoms with Crippen LogP contribution in [0.3, 0.4) is 0 Å². The molecule has 0 fully saturated rings. The van der Waals surface area contributed by atoms with Gasteiger partial charge in [0.05, 0.1) is 0 Å². The minimum atomic E-state index is -0.277. The molecule has 116 valence electrons. The minimum absolute atomic E-state index is 0.169. The average molecular weight is 326 g/mol. The zero-order valence-corrected chi connectivity index (χ0v) is 13.4. The molecule has 3 rings (SSSR count). The van der Waals surface area contributed by atoms with Crippen molar-refractivity contribution in [3.05, 3.63) is 88.2 Å². The van der Waals surface area contributed by atoms with E-state index in [9.17, 15) is 9.18 Å². The Labute approximate surface area is 137 Å². The maximum atomic E-state index is 13.2. The predicted octanol–water partition coefficient (Wildman–Crippen LogP) is 3.97. The summed E-state index contributed by atoms with van der Waals surface area (Å²) in [5.74, 6) is 0.221. The highest BCUT2D eigenvalue weighted by atomic mass is 32.2. The number of halogens is 1. The molecule has 1 heterocycles. The van der Waals surface area contributed by atoms with E-state index < -0.39 is 0 Å². The van der Waals surface area contributed by atoms with Crippen molar-refractivity contribution in [1.29, 1.82) is 0 Å². The lowest BCUT2D eigenvalue weighted by Crippen LogP contribution is -2.20. The van der Waals surface area contributed by atoms with Crippen LogP contribution in [0.4, 0.5) is 4.39 Å². The number of hydrogen-bond acceptors (Lipinski definition) is 3. The molecule has 0 unspecified atom stereocenters. The largest absolute Gasteiger partial charge is 0.287 e. The van der Waals surface area contributed by atoms with Gasteiger partial charge in [-0.25, -0.2) is 9.37 Å². The van der Waals surface area contributed by atoms with Gasteiger partial charge in [-0.2, -0.15) is 0 Å². The number of aryl methyl sites for hydroxylation is 1. The van der Waals surface area contributed by atoms with Crippen LogP contribution in [0, 0.1) is 12.7 Å². The fourth-order valence-electron chi connectivity index (χ4n) is 2.18. The second-order valence-corrected chi connectivity index (χ2v) is 6.13. The number of benzene rings is 2. The van der Waals surface area contributed by atoms with Gasteiger partial charge in [0.15, 0.2) is 5.03 Å². The van der Waals surface area contributed by atoms with E-state index in [1.165, 1.54) is 23.9 Å². The summed E-state index contributed by atoms with van der Waals surface area (Å²) >= 11 is 1.31. The Morgan fingerprint density at radius 3 is 2.70 bits per heavy atom. The highest BCUT2D eigenvalue weighted by Gasteiger charge is 2.08. The van der Waals surface area contributed by atoms with Crippen LogP contribution in [0.1, 0.15) is 11.1 Å². The summed E-state index contributed by atoms with van der Waals surface area (Å²) in [6, 6.07) is 14.1. The second-order valence-electron chi connectivity index (χ2n) is 5.16. The molecule has 23 heavy (non-hydrogen) atoms. The fraction of sp³-hybridized carbons (Fsp3) is 0.111. The zero-order chi connectivity index (χ0) is 16.2. The van der Waals surface area contributed by atoms with Crippen molar-refractivity contribution in [2.24, 2.45) is 0 Å². The molecule has 5 heteroatoms. The topological polar surface area (TPSA) is 34.9 Å². The quantitative estimate of drug-likeness (QED) is 0.680. The Morgan fingerprint density at radius 2 is 1.96 bits per heavy atom. The van der Waals surface area contributed by atoms with Gasteiger partial charge in [0, 0.05) is 23.8 Å². The van der Waals surface area contributed by atoms with Gasteiger partial charge in [-0.15, -0.1) is 0 Å². The molecule has 3 aromatic rings. The van der Waals surface area contributed by atoms with Gasteiger partial charge in [-0.3, -0.25) is 9.36 Å². The SMILES string of the molecule is Cc1ccc(-n2ccnc(SCc3cccc(F)c3)c2=O)cc1. The summed E-state index contributed by atoms with van der Waals surface area (Å²) in [5, 5.41) is 0.400. The maximum Gasteiger partial charge on any atom is 0.287 e. The molecule has 0 aliphatic heterocycles. The number of rotatable bonds is 4. The molecule has 0 aliphatic carbocycles. The monoisotopic (exact) mass is 326 g/mol. The molecule has 1 aromatic heterocycles. The third-order valence-corrected chi connectivity index (χ3v) is 4.42. The first-order chi connectivity index (χ1) is 11.1. The highest BCUT2D eigenvalue weighted by molar-refractivity contribution is 7.98. The Hall–Kier alpha value is -2.40. The number of aromatic nitrogens is 2. The number of nitrogens with zero attached hydrogens (tertiary/aromatic N) is 2. The summed E-state index contributed by atoms with van der Waals surface area (Å²) < 4.78 is 14.8. The van der Waals surface area contributed by atoms with Crippen LogP contribution in [-0.4, -0.2) is 9.55 Å². The van der Waals surface area contributed by atoms with Gasteiger partial charge in [0.2, 0.25) is 0 Å². The first-order valence-corrected chi connectivity index (χ1v) is 8.14. The summed E-state index contributed by atoms with van der Waals surface area (Å²) in [6.07, 6.45) is 3.26. The van der Waals surface area contributed by atoms with Crippen molar-refractivity contribution in [3.63, 3.8) is 0 Å². The van der Waals surface area contributed by atoms with Gasteiger partial charge >= 0.3 is 0 Å². The lowest BCUT2D eigenvalue weighted by atomic mass is 10.2. The van der Waals surface area contributed by atoms with E-state index in [0.29, 0.717) is 10.8 Å². The van der Waals surface area contributed by atoms with E-state index in [2.05, 4.69) is 4.98 Å². The first-order valence-electron chi connectivity index (χ1n) is 7.15. The number of hydrogen-bond donors (Lipinski definition) is 0. The Bertz CT molecular complexity index is 875. The van der Waals surface area contributed by atoms with Crippen molar-refractivity contribution < 1.29 is 4.39 Å². The molecular formula is C18H15FN2OS. The molecule has 0 bridgehead atoms. The van der Waals surface area contributed by atoms with Crippen LogP contribution < -0.4 is 5.56 Å². The van der Waals surface area contributed by atoms with E-state index in [4.69, 9.17) is 0 Å². The van der Waals surface area contributed by atoms with E-state index >= 15 is 0 Å². The van der Waals surface area contributed by atoms with Crippen molar-refractivity contribution in [3.8, 4) is 5.69 Å². The van der Waals surface area contributed by atoms with Gasteiger partial charge in [0.25, 0.3) is 5.56 Å². The molecule has 0 aliphatic rings. The summed E-state index contributed by atoms with van der Waals surface area (Å²) in [5.41, 5.74) is 2.59. The van der Waals surface area contributed by atoms with E-state index in [0.717, 1.165) is 16.8 Å². The highest BCUT2D eigenvalue weighted by Crippen LogP contribution is 2.19. The molecule has 0 amide bonds. The molecule has 0 spiro atoms. The minimum Gasteiger partial charge on any atom is -0.280 e. The molecule has 0 saturated carbocycles. The average Bonchev–Trinajstić information content (AvgIpc) is 2.55. The van der Waals surface area contributed by atoms with Crippen molar-refractivity contribution in [1.82, 2.24) is 9.55 Å². The molecule has 0 atom stereocenters. The van der Waals surface area contributed by atoms with Crippen LogP contribution in [0.2, 0.25) is 0 Å². The molecule has 0 saturated heterocycles. The predicted molar refractivity (Wildman–Crippen MR) is 90.5 cm³/mol. The molecule has 0 N–H and O–H groups in total. The second kappa shape index (κ2) is 6.79. The van der Waals surface area contributed by atoms with Crippen LogP contribution >= 0.6 is 11.8 Å². The lowest BCUT2D eigenvalue weighted by Gasteiger charge is -2.07. The maximum absolute atomic E-state index is 13.2. The normalized spacial score (nSPS) is 10.7. The van der Waals surface area contributed by atoms with Crippen molar-refractivity contribution in [2.75, 3.05) is 0 Å². The molecule has 3 nitrogen and oxygen atoms in total. The molecule has 0 radical (unpaired) electrons. The van der Waals surface area contributed by atoms with Crippen LogP contribution in [-0.2, 0) is 5.75 Å². The standard InChI is InChI=1S/C18H15FN2OS/c1-13-5-7-16(8-6-13)21-10-9-20-17(18(21)22)23-12-14-3-2-4-15(19)11-14/h2-11H,12H2,1H3.